The van der Waals surface area contributed by atoms with Crippen LogP contribution in [0.25, 0.3) is 10.9 Å². The SMILES string of the molecule is CC(C)(C)Sc1c(CC(C)(C)C(=O)O)n(Cc2ccc(Cl)cc2)c2ccc(OCC3CCCN3C(=O)O)cc12. The molecule has 0 radical (unpaired) electrons. The number of hydrogen-bond acceptors (Lipinski definition) is 4. The first-order valence-electron chi connectivity index (χ1n) is 13.2. The van der Waals surface area contributed by atoms with E-state index in [4.69, 9.17) is 16.3 Å². The van der Waals surface area contributed by atoms with Gasteiger partial charge in [-0.1, -0.05) is 44.5 Å². The highest BCUT2D eigenvalue weighted by Crippen LogP contribution is 2.44. The van der Waals surface area contributed by atoms with Crippen molar-refractivity contribution >= 4 is 46.3 Å². The Labute approximate surface area is 239 Å². The molecular weight excluding hydrogens is 536 g/mol. The molecule has 0 saturated carbocycles. The van der Waals surface area contributed by atoms with E-state index in [2.05, 4.69) is 25.3 Å². The number of likely N-dealkylation sites (tertiary alicyclic amines) is 1. The van der Waals surface area contributed by atoms with Crippen LogP contribution < -0.4 is 4.74 Å². The fraction of sp³-hybridized carbons (Fsp3) is 0.467. The molecule has 2 aromatic carbocycles. The highest BCUT2D eigenvalue weighted by atomic mass is 35.5. The van der Waals surface area contributed by atoms with Crippen molar-refractivity contribution in [2.75, 3.05) is 13.2 Å². The number of aromatic nitrogens is 1. The number of aliphatic carboxylic acids is 1. The predicted molar refractivity (Wildman–Crippen MR) is 156 cm³/mol. The Kier molecular flexibility index (Phi) is 8.47. The molecule has 1 aliphatic rings. The molecule has 2 heterocycles. The number of hydrogen-bond donors (Lipinski definition) is 2. The lowest BCUT2D eigenvalue weighted by atomic mass is 9.88. The predicted octanol–water partition coefficient (Wildman–Crippen LogP) is 7.41. The van der Waals surface area contributed by atoms with Gasteiger partial charge in [0.2, 0.25) is 0 Å². The molecule has 3 aromatic rings. The monoisotopic (exact) mass is 572 g/mol. The number of carbonyl (C=O) groups is 2. The molecule has 0 bridgehead atoms. The van der Waals surface area contributed by atoms with Gasteiger partial charge in [-0.05, 0) is 62.6 Å². The number of carboxylic acid groups (broad SMARTS) is 2. The molecule has 1 atom stereocenters. The van der Waals surface area contributed by atoms with E-state index in [0.717, 1.165) is 39.9 Å². The Hall–Kier alpha value is -2.84. The van der Waals surface area contributed by atoms with Crippen LogP contribution in [0.15, 0.2) is 47.4 Å². The van der Waals surface area contributed by atoms with E-state index in [1.54, 1.807) is 25.6 Å². The van der Waals surface area contributed by atoms with E-state index in [1.807, 2.05) is 42.5 Å². The normalized spacial score (nSPS) is 16.2. The van der Waals surface area contributed by atoms with Crippen LogP contribution in [0, 0.1) is 5.41 Å². The second-order valence-corrected chi connectivity index (χ2v) is 14.1. The van der Waals surface area contributed by atoms with Crippen molar-refractivity contribution in [1.29, 1.82) is 0 Å². The lowest BCUT2D eigenvalue weighted by Gasteiger charge is -2.24. The molecule has 1 aliphatic heterocycles. The minimum Gasteiger partial charge on any atom is -0.491 e. The molecule has 210 valence electrons. The zero-order chi connectivity index (χ0) is 28.5. The molecule has 1 fully saturated rings. The van der Waals surface area contributed by atoms with Gasteiger partial charge in [0.1, 0.15) is 12.4 Å². The van der Waals surface area contributed by atoms with Gasteiger partial charge in [-0.25, -0.2) is 4.79 Å². The molecule has 9 heteroatoms. The van der Waals surface area contributed by atoms with Gasteiger partial charge in [-0.3, -0.25) is 4.79 Å². The van der Waals surface area contributed by atoms with E-state index in [1.165, 1.54) is 4.90 Å². The summed E-state index contributed by atoms with van der Waals surface area (Å²) in [7, 11) is 0. The number of thioether (sulfide) groups is 1. The first-order valence-corrected chi connectivity index (χ1v) is 14.4. The molecule has 1 amide bonds. The third-order valence-electron chi connectivity index (χ3n) is 7.01. The second-order valence-electron chi connectivity index (χ2n) is 11.8. The third kappa shape index (κ3) is 6.84. The Morgan fingerprint density at radius 3 is 2.38 bits per heavy atom. The second kappa shape index (κ2) is 11.3. The number of rotatable bonds is 9. The minimum absolute atomic E-state index is 0.121. The highest BCUT2D eigenvalue weighted by Gasteiger charge is 2.33. The van der Waals surface area contributed by atoms with Crippen LogP contribution in [0.4, 0.5) is 4.79 Å². The highest BCUT2D eigenvalue weighted by molar-refractivity contribution is 8.00. The van der Waals surface area contributed by atoms with Crippen LogP contribution in [0.1, 0.15) is 58.7 Å². The maximum absolute atomic E-state index is 12.2. The van der Waals surface area contributed by atoms with Crippen LogP contribution in [-0.4, -0.2) is 55.7 Å². The smallest absolute Gasteiger partial charge is 0.407 e. The van der Waals surface area contributed by atoms with E-state index in [0.29, 0.717) is 36.9 Å². The van der Waals surface area contributed by atoms with Gasteiger partial charge in [0.15, 0.2) is 0 Å². The zero-order valence-electron chi connectivity index (χ0n) is 23.2. The van der Waals surface area contributed by atoms with Crippen molar-refractivity contribution in [3.05, 3.63) is 58.7 Å². The molecule has 0 aliphatic carbocycles. The van der Waals surface area contributed by atoms with Crippen molar-refractivity contribution in [3.63, 3.8) is 0 Å². The summed E-state index contributed by atoms with van der Waals surface area (Å²) in [4.78, 5) is 26.2. The molecule has 7 nitrogen and oxygen atoms in total. The number of carboxylic acids is 1. The summed E-state index contributed by atoms with van der Waals surface area (Å²) in [6.07, 6.45) is 1.06. The summed E-state index contributed by atoms with van der Waals surface area (Å²) in [5.74, 6) is -0.177. The van der Waals surface area contributed by atoms with Gasteiger partial charge in [0, 0.05) is 50.8 Å². The van der Waals surface area contributed by atoms with Crippen LogP contribution in [0.2, 0.25) is 5.02 Å². The minimum atomic E-state index is -0.971. The number of nitrogens with zero attached hydrogens (tertiary/aromatic N) is 2. The summed E-state index contributed by atoms with van der Waals surface area (Å²) < 4.78 is 8.24. The van der Waals surface area contributed by atoms with E-state index < -0.39 is 17.5 Å². The number of ether oxygens (including phenoxy) is 1. The zero-order valence-corrected chi connectivity index (χ0v) is 24.7. The van der Waals surface area contributed by atoms with Gasteiger partial charge in [0.05, 0.1) is 11.5 Å². The maximum atomic E-state index is 12.2. The largest absolute Gasteiger partial charge is 0.491 e. The summed E-state index contributed by atoms with van der Waals surface area (Å²) in [6, 6.07) is 13.5. The molecule has 1 saturated heterocycles. The van der Waals surface area contributed by atoms with Gasteiger partial charge >= 0.3 is 12.1 Å². The van der Waals surface area contributed by atoms with Crippen LogP contribution in [-0.2, 0) is 17.8 Å². The van der Waals surface area contributed by atoms with Crippen molar-refractivity contribution in [2.45, 2.75) is 76.1 Å². The Bertz CT molecular complexity index is 1360. The van der Waals surface area contributed by atoms with E-state index in [-0.39, 0.29) is 10.8 Å². The topological polar surface area (TPSA) is 92.0 Å². The standard InChI is InChI=1S/C30H37ClN2O5S/c1-29(2,3)39-26-23-15-22(38-18-21-7-6-14-32(21)28(36)37)12-13-24(23)33(17-19-8-10-20(31)11-9-19)25(26)16-30(4,5)27(34)35/h8-13,15,21H,6-7,14,16-18H2,1-5H3,(H,34,35)(H,36,37). The first kappa shape index (κ1) is 29.2. The average molecular weight is 573 g/mol. The van der Waals surface area contributed by atoms with Crippen LogP contribution in [0.3, 0.4) is 0 Å². The Morgan fingerprint density at radius 2 is 1.77 bits per heavy atom. The van der Waals surface area contributed by atoms with Gasteiger partial charge in [-0.2, -0.15) is 0 Å². The fourth-order valence-corrected chi connectivity index (χ4v) is 6.25. The van der Waals surface area contributed by atoms with Crippen molar-refractivity contribution in [3.8, 4) is 5.75 Å². The molecular formula is C30H37ClN2O5S. The van der Waals surface area contributed by atoms with Crippen LogP contribution in [0.5, 0.6) is 5.75 Å². The van der Waals surface area contributed by atoms with E-state index >= 15 is 0 Å². The Balaban J connectivity index is 1.80. The number of amides is 1. The third-order valence-corrected chi connectivity index (χ3v) is 8.53. The number of benzene rings is 2. The molecule has 1 unspecified atom stereocenters. The summed E-state index contributed by atoms with van der Waals surface area (Å²) in [5.41, 5.74) is 2.06. The van der Waals surface area contributed by atoms with Gasteiger partial charge in [0.25, 0.3) is 0 Å². The van der Waals surface area contributed by atoms with Crippen molar-refractivity contribution in [2.24, 2.45) is 5.41 Å². The Morgan fingerprint density at radius 1 is 1.08 bits per heavy atom. The average Bonchev–Trinajstić information content (AvgIpc) is 3.42. The first-order chi connectivity index (χ1) is 18.2. The van der Waals surface area contributed by atoms with Gasteiger partial charge in [-0.15, -0.1) is 11.8 Å². The maximum Gasteiger partial charge on any atom is 0.407 e. The summed E-state index contributed by atoms with van der Waals surface area (Å²) in [5, 5.41) is 21.1. The molecule has 0 spiro atoms. The molecule has 39 heavy (non-hydrogen) atoms. The fourth-order valence-electron chi connectivity index (χ4n) is 4.94. The lowest BCUT2D eigenvalue weighted by Crippen LogP contribution is -2.37. The van der Waals surface area contributed by atoms with Crippen molar-refractivity contribution in [1.82, 2.24) is 9.47 Å². The molecule has 1 aromatic heterocycles. The quantitative estimate of drug-likeness (QED) is 0.259. The lowest BCUT2D eigenvalue weighted by molar-refractivity contribution is -0.146. The van der Waals surface area contributed by atoms with Crippen LogP contribution >= 0.6 is 23.4 Å². The van der Waals surface area contributed by atoms with Crippen molar-refractivity contribution < 1.29 is 24.5 Å². The van der Waals surface area contributed by atoms with Gasteiger partial charge < -0.3 is 24.4 Å². The molecule has 4 rings (SSSR count). The van der Waals surface area contributed by atoms with E-state index in [9.17, 15) is 19.8 Å². The number of halogens is 1. The number of fused-ring (bicyclic) bond motifs is 1. The molecule has 2 N–H and O–H groups in total. The summed E-state index contributed by atoms with van der Waals surface area (Å²) >= 11 is 7.86. The summed E-state index contributed by atoms with van der Waals surface area (Å²) in [6.45, 7) is 11.4.